The van der Waals surface area contributed by atoms with Crippen LogP contribution in [-0.2, 0) is 32.0 Å². The summed E-state index contributed by atoms with van der Waals surface area (Å²) in [4.78, 5) is 29.6. The van der Waals surface area contributed by atoms with E-state index < -0.39 is 5.41 Å². The number of hydrogen-bond acceptors (Lipinski definition) is 8. The number of esters is 2. The fourth-order valence-electron chi connectivity index (χ4n) is 13.6. The van der Waals surface area contributed by atoms with Crippen molar-refractivity contribution in [1.82, 2.24) is 16.0 Å². The minimum absolute atomic E-state index is 0.00720. The predicted octanol–water partition coefficient (Wildman–Crippen LogP) is 9.91. The lowest BCUT2D eigenvalue weighted by Gasteiger charge is -2.56. The van der Waals surface area contributed by atoms with E-state index >= 15 is 0 Å². The molecule has 7 unspecified atom stereocenters. The molecule has 4 fully saturated rings. The van der Waals surface area contributed by atoms with Crippen LogP contribution in [0.2, 0.25) is 0 Å². The zero-order valence-electron chi connectivity index (χ0n) is 36.7. The number of phenolic OH excluding ortho intramolecular Hbond substituents is 1. The topological polar surface area (TPSA) is 109 Å². The minimum Gasteiger partial charge on any atom is -0.508 e. The molecule has 8 aliphatic rings. The number of fused-ring (bicyclic) bond motifs is 1. The zero-order valence-corrected chi connectivity index (χ0v) is 36.7. The zero-order chi connectivity index (χ0) is 42.6. The van der Waals surface area contributed by atoms with Crippen LogP contribution in [0.15, 0.2) is 113 Å². The van der Waals surface area contributed by atoms with Gasteiger partial charge in [-0.05, 0) is 184 Å². The molecule has 324 valence electrons. The molecule has 11 rings (SSSR count). The number of rotatable bonds is 12. The summed E-state index contributed by atoms with van der Waals surface area (Å²) >= 11 is 0. The molecule has 0 amide bonds. The van der Waals surface area contributed by atoms with Crippen molar-refractivity contribution in [2.24, 2.45) is 40.4 Å². The Hall–Kier alpha value is -4.76. The number of carbonyl (C=O) groups excluding carboxylic acids is 2. The standard InChI is InChI=1S/C54H63N3O5/c1-4-33(27-34-11-6-5-7-12-34)29-45-54-25-19-40(47(50(54)52(60)62-45)43-31-38(58)15-16-39(43)36-14-10-13-35(28-36)32-55-2)41-17-18-42-44(61-51(59)48(42)49(41)54)20-24-53(22-8-9-23-53)37-21-26-57-46(30-37)56-3/h5-7,10-16,20,28-29,31,33,37,40-41,46,49,55-58H,4,8-9,17-19,21-27,30,32H2,1-3H3. The highest BCUT2D eigenvalue weighted by molar-refractivity contribution is 6.07. The number of cyclic esters (lactones) is 2. The van der Waals surface area contributed by atoms with Crippen LogP contribution in [0.25, 0.3) is 16.7 Å². The summed E-state index contributed by atoms with van der Waals surface area (Å²) < 4.78 is 13.1. The maximum Gasteiger partial charge on any atom is 0.340 e. The molecule has 62 heavy (non-hydrogen) atoms. The van der Waals surface area contributed by atoms with E-state index in [0.29, 0.717) is 23.4 Å². The quantitative estimate of drug-likeness (QED) is 0.134. The first-order valence-electron chi connectivity index (χ1n) is 23.6. The third-order valence-electron chi connectivity index (χ3n) is 16.4. The summed E-state index contributed by atoms with van der Waals surface area (Å²) in [5.41, 5.74) is 8.21. The monoisotopic (exact) mass is 833 g/mol. The first-order valence-corrected chi connectivity index (χ1v) is 23.6. The highest BCUT2D eigenvalue weighted by atomic mass is 16.5. The number of piperidine rings is 1. The van der Waals surface area contributed by atoms with E-state index in [1.165, 1.54) is 37.7 Å². The highest BCUT2D eigenvalue weighted by Crippen LogP contribution is 2.72. The Balaban J connectivity index is 1.12. The fraction of sp³-hybridized carbons (Fsp3) is 0.481. The molecule has 2 saturated heterocycles. The van der Waals surface area contributed by atoms with Crippen LogP contribution in [0.3, 0.4) is 0 Å². The molecule has 3 heterocycles. The number of carbonyl (C=O) groups is 2. The molecule has 3 aliphatic heterocycles. The first-order chi connectivity index (χ1) is 30.3. The lowest BCUT2D eigenvalue weighted by molar-refractivity contribution is -0.135. The second kappa shape index (κ2) is 16.7. The summed E-state index contributed by atoms with van der Waals surface area (Å²) in [6.07, 6.45) is 18.0. The molecule has 2 bridgehead atoms. The van der Waals surface area contributed by atoms with Gasteiger partial charge in [0.1, 0.15) is 17.3 Å². The van der Waals surface area contributed by atoms with Crippen molar-refractivity contribution in [3.05, 3.63) is 130 Å². The smallest absolute Gasteiger partial charge is 0.340 e. The van der Waals surface area contributed by atoms with Crippen LogP contribution in [0.4, 0.5) is 0 Å². The van der Waals surface area contributed by atoms with E-state index in [1.807, 2.05) is 25.2 Å². The summed E-state index contributed by atoms with van der Waals surface area (Å²) in [5.74, 6) is 1.69. The number of ether oxygens (including phenoxy) is 2. The molecule has 4 N–H and O–H groups in total. The van der Waals surface area contributed by atoms with Gasteiger partial charge in [-0.15, -0.1) is 0 Å². The molecular weight excluding hydrogens is 771 g/mol. The number of aromatic hydroxyl groups is 1. The second-order valence-electron chi connectivity index (χ2n) is 19.5. The van der Waals surface area contributed by atoms with E-state index in [9.17, 15) is 14.7 Å². The van der Waals surface area contributed by atoms with Gasteiger partial charge in [0.05, 0.1) is 17.2 Å². The number of benzene rings is 3. The average Bonchev–Trinajstić information content (AvgIpc) is 4.00. The molecule has 0 aromatic heterocycles. The van der Waals surface area contributed by atoms with Crippen molar-refractivity contribution in [1.29, 1.82) is 0 Å². The number of nitrogens with one attached hydrogen (secondary N) is 3. The summed E-state index contributed by atoms with van der Waals surface area (Å²) in [6.45, 7) is 3.96. The molecule has 8 nitrogen and oxygen atoms in total. The molecule has 2 saturated carbocycles. The van der Waals surface area contributed by atoms with E-state index in [1.54, 1.807) is 6.07 Å². The van der Waals surface area contributed by atoms with Gasteiger partial charge in [-0.1, -0.05) is 74.4 Å². The maximum atomic E-state index is 14.9. The van der Waals surface area contributed by atoms with Crippen molar-refractivity contribution in [3.63, 3.8) is 0 Å². The van der Waals surface area contributed by atoms with Gasteiger partial charge in [-0.25, -0.2) is 9.59 Å². The number of hydrogen-bond donors (Lipinski definition) is 4. The van der Waals surface area contributed by atoms with E-state index in [-0.39, 0.29) is 46.8 Å². The second-order valence-corrected chi connectivity index (χ2v) is 19.5. The summed E-state index contributed by atoms with van der Waals surface area (Å²) in [7, 11) is 4.00. The largest absolute Gasteiger partial charge is 0.508 e. The molecule has 8 heteroatoms. The normalized spacial score (nSPS) is 30.4. The van der Waals surface area contributed by atoms with Gasteiger partial charge in [0.15, 0.2) is 0 Å². The molecule has 3 aromatic carbocycles. The van der Waals surface area contributed by atoms with Crippen molar-refractivity contribution in [2.75, 3.05) is 20.6 Å². The van der Waals surface area contributed by atoms with Gasteiger partial charge in [0.2, 0.25) is 0 Å². The summed E-state index contributed by atoms with van der Waals surface area (Å²) in [6, 6.07) is 24.7. The third kappa shape index (κ3) is 6.92. The Labute approximate surface area is 367 Å². The SMILES string of the molecule is CCC(C=C1OC(=O)C2=C(c3cc(O)ccc3-c3cccc(CNC)c3)C3CCC12C1C2=C(CCC31)C(=CCC1(C3CCNC(NC)C3)CCCC1)OC2=O)Cc1ccccc1. The Morgan fingerprint density at radius 3 is 2.50 bits per heavy atom. The Kier molecular flexibility index (Phi) is 11.1. The van der Waals surface area contributed by atoms with Crippen LogP contribution in [0, 0.1) is 40.4 Å². The van der Waals surface area contributed by atoms with Crippen LogP contribution in [0.1, 0.15) is 101 Å². The lowest BCUT2D eigenvalue weighted by Crippen LogP contribution is -2.52. The van der Waals surface area contributed by atoms with Crippen LogP contribution >= 0.6 is 0 Å². The van der Waals surface area contributed by atoms with Crippen molar-refractivity contribution < 1.29 is 24.2 Å². The molecule has 3 aromatic rings. The number of phenols is 1. The van der Waals surface area contributed by atoms with Gasteiger partial charge >= 0.3 is 11.9 Å². The van der Waals surface area contributed by atoms with Crippen LogP contribution in [0.5, 0.6) is 5.75 Å². The first kappa shape index (κ1) is 41.3. The van der Waals surface area contributed by atoms with Gasteiger partial charge in [-0.2, -0.15) is 0 Å². The van der Waals surface area contributed by atoms with E-state index in [4.69, 9.17) is 9.47 Å². The van der Waals surface area contributed by atoms with Crippen molar-refractivity contribution in [2.45, 2.75) is 103 Å². The molecule has 1 spiro atoms. The van der Waals surface area contributed by atoms with Crippen molar-refractivity contribution >= 4 is 17.5 Å². The molecule has 0 radical (unpaired) electrons. The van der Waals surface area contributed by atoms with Gasteiger partial charge in [0.25, 0.3) is 0 Å². The number of allylic oxidation sites excluding steroid dienone is 5. The molecule has 7 atom stereocenters. The fourth-order valence-corrected chi connectivity index (χ4v) is 13.6. The van der Waals surface area contributed by atoms with E-state index in [2.05, 4.69) is 90.6 Å². The van der Waals surface area contributed by atoms with Crippen LogP contribution < -0.4 is 16.0 Å². The lowest BCUT2D eigenvalue weighted by atomic mass is 9.44. The average molecular weight is 834 g/mol. The molecule has 5 aliphatic carbocycles. The predicted molar refractivity (Wildman–Crippen MR) is 243 cm³/mol. The van der Waals surface area contributed by atoms with Crippen LogP contribution in [-0.4, -0.2) is 43.9 Å². The Morgan fingerprint density at radius 1 is 0.887 bits per heavy atom. The van der Waals surface area contributed by atoms with Gasteiger partial charge in [0, 0.05) is 23.6 Å². The van der Waals surface area contributed by atoms with Gasteiger partial charge < -0.3 is 30.5 Å². The van der Waals surface area contributed by atoms with Gasteiger partial charge in [-0.3, -0.25) is 0 Å². The third-order valence-corrected chi connectivity index (χ3v) is 16.4. The Morgan fingerprint density at radius 2 is 1.71 bits per heavy atom. The molecular formula is C54H63N3O5. The highest BCUT2D eigenvalue weighted by Gasteiger charge is 2.68. The maximum absolute atomic E-state index is 14.9. The van der Waals surface area contributed by atoms with E-state index in [0.717, 1.165) is 109 Å². The minimum atomic E-state index is -0.827. The summed E-state index contributed by atoms with van der Waals surface area (Å²) in [5, 5.41) is 21.6. The Bertz CT molecular complexity index is 2370. The van der Waals surface area contributed by atoms with Crippen molar-refractivity contribution in [3.8, 4) is 16.9 Å².